The number of benzene rings is 2. The summed E-state index contributed by atoms with van der Waals surface area (Å²) in [5.74, 6) is 0.674. The first-order valence-corrected chi connectivity index (χ1v) is 10.5. The first-order valence-electron chi connectivity index (χ1n) is 9.52. The van der Waals surface area contributed by atoms with Crippen LogP contribution in [0.15, 0.2) is 76.2 Å². The average molecular weight is 404 g/mol. The van der Waals surface area contributed by atoms with E-state index in [9.17, 15) is 9.59 Å². The molecule has 0 atom stereocenters. The molecule has 2 heterocycles. The Morgan fingerprint density at radius 3 is 2.28 bits per heavy atom. The summed E-state index contributed by atoms with van der Waals surface area (Å²) in [5, 5.41) is 0. The van der Waals surface area contributed by atoms with E-state index in [-0.39, 0.29) is 11.8 Å². The summed E-state index contributed by atoms with van der Waals surface area (Å²) in [5.41, 5.74) is 4.06. The van der Waals surface area contributed by atoms with E-state index in [1.54, 1.807) is 6.26 Å². The predicted octanol–water partition coefficient (Wildman–Crippen LogP) is 5.37. The second-order valence-corrected chi connectivity index (χ2v) is 7.89. The van der Waals surface area contributed by atoms with Gasteiger partial charge >= 0.3 is 0 Å². The fraction of sp³-hybridized carbons (Fsp3) is 0.167. The van der Waals surface area contributed by atoms with Crippen LogP contribution < -0.4 is 4.90 Å². The fourth-order valence-corrected chi connectivity index (χ4v) is 4.29. The molecule has 0 saturated heterocycles. The van der Waals surface area contributed by atoms with Crippen molar-refractivity contribution >= 4 is 34.8 Å². The number of aryl methyl sites for hydroxylation is 2. The molecule has 0 spiro atoms. The lowest BCUT2D eigenvalue weighted by atomic mass is 10.0. The Kier molecular flexibility index (Phi) is 5.41. The number of anilines is 1. The van der Waals surface area contributed by atoms with E-state index in [2.05, 4.69) is 6.92 Å². The second kappa shape index (κ2) is 8.13. The van der Waals surface area contributed by atoms with E-state index in [0.717, 1.165) is 28.9 Å². The monoisotopic (exact) mass is 403 g/mol. The summed E-state index contributed by atoms with van der Waals surface area (Å²) in [7, 11) is 0. The molecule has 3 aromatic rings. The fourth-order valence-electron chi connectivity index (χ4n) is 3.27. The largest absolute Gasteiger partial charge is 0.468 e. The third kappa shape index (κ3) is 3.78. The number of imide groups is 1. The van der Waals surface area contributed by atoms with Gasteiger partial charge < -0.3 is 4.42 Å². The van der Waals surface area contributed by atoms with E-state index < -0.39 is 0 Å². The Balaban J connectivity index is 1.72. The van der Waals surface area contributed by atoms with E-state index in [1.807, 2.05) is 67.6 Å². The molecule has 1 aliphatic heterocycles. The molecule has 0 radical (unpaired) electrons. The number of amides is 2. The van der Waals surface area contributed by atoms with Gasteiger partial charge in [-0.25, -0.2) is 4.90 Å². The van der Waals surface area contributed by atoms with Crippen molar-refractivity contribution in [1.82, 2.24) is 0 Å². The zero-order valence-corrected chi connectivity index (χ0v) is 17.2. The molecule has 1 aliphatic rings. The molecule has 0 unspecified atom stereocenters. The summed E-state index contributed by atoms with van der Waals surface area (Å²) in [6, 6.07) is 18.9. The molecule has 4 nitrogen and oxygen atoms in total. The first-order chi connectivity index (χ1) is 14.1. The van der Waals surface area contributed by atoms with E-state index in [4.69, 9.17) is 4.42 Å². The van der Waals surface area contributed by atoms with Crippen LogP contribution in [0.3, 0.4) is 0 Å². The Labute approximate surface area is 174 Å². The minimum absolute atomic E-state index is 0.286. The van der Waals surface area contributed by atoms with Crippen molar-refractivity contribution in [3.63, 3.8) is 0 Å². The maximum Gasteiger partial charge on any atom is 0.272 e. The normalized spacial score (nSPS) is 14.2. The molecule has 0 aliphatic carbocycles. The van der Waals surface area contributed by atoms with Crippen LogP contribution in [0.25, 0.3) is 5.57 Å². The van der Waals surface area contributed by atoms with Gasteiger partial charge in [-0.05, 0) is 48.7 Å². The smallest absolute Gasteiger partial charge is 0.272 e. The number of furan rings is 1. The number of carbonyl (C=O) groups excluding carboxylic acids is 2. The number of thioether (sulfide) groups is 1. The number of rotatable bonds is 6. The van der Waals surface area contributed by atoms with Crippen molar-refractivity contribution in [3.8, 4) is 0 Å². The summed E-state index contributed by atoms with van der Waals surface area (Å²) in [6.07, 6.45) is 2.51. The van der Waals surface area contributed by atoms with Crippen molar-refractivity contribution in [3.05, 3.63) is 94.3 Å². The van der Waals surface area contributed by atoms with Gasteiger partial charge in [0, 0.05) is 0 Å². The van der Waals surface area contributed by atoms with Crippen molar-refractivity contribution in [2.24, 2.45) is 0 Å². The number of hydrogen-bond donors (Lipinski definition) is 0. The molecular formula is C24H21NO3S. The van der Waals surface area contributed by atoms with Crippen LogP contribution in [-0.4, -0.2) is 11.8 Å². The van der Waals surface area contributed by atoms with Crippen LogP contribution in [0, 0.1) is 6.92 Å². The van der Waals surface area contributed by atoms with Gasteiger partial charge in [0.2, 0.25) is 0 Å². The summed E-state index contributed by atoms with van der Waals surface area (Å²) in [6.45, 7) is 4.07. The van der Waals surface area contributed by atoms with Crippen LogP contribution >= 0.6 is 11.8 Å². The summed E-state index contributed by atoms with van der Waals surface area (Å²) in [4.78, 5) is 28.3. The van der Waals surface area contributed by atoms with Gasteiger partial charge in [0.1, 0.15) is 5.76 Å². The number of hydrogen-bond acceptors (Lipinski definition) is 4. The average Bonchev–Trinajstić information content (AvgIpc) is 3.34. The molecule has 0 saturated carbocycles. The molecule has 0 N–H and O–H groups in total. The minimum Gasteiger partial charge on any atom is -0.468 e. The van der Waals surface area contributed by atoms with Gasteiger partial charge in [-0.1, -0.05) is 48.9 Å². The molecule has 2 aromatic carbocycles. The summed E-state index contributed by atoms with van der Waals surface area (Å²) >= 11 is 1.34. The van der Waals surface area contributed by atoms with Crippen LogP contribution in [0.2, 0.25) is 0 Å². The Morgan fingerprint density at radius 2 is 1.66 bits per heavy atom. The van der Waals surface area contributed by atoms with E-state index in [0.29, 0.717) is 21.9 Å². The first kappa shape index (κ1) is 19.3. The van der Waals surface area contributed by atoms with Crippen LogP contribution in [0.5, 0.6) is 0 Å². The Hall–Kier alpha value is -3.05. The molecule has 2 amide bonds. The molecule has 5 heteroatoms. The maximum atomic E-state index is 13.3. The lowest BCUT2D eigenvalue weighted by molar-refractivity contribution is -0.119. The van der Waals surface area contributed by atoms with Crippen LogP contribution in [-0.2, 0) is 21.8 Å². The molecule has 0 bridgehead atoms. The second-order valence-electron chi connectivity index (χ2n) is 6.90. The van der Waals surface area contributed by atoms with Gasteiger partial charge in [0.05, 0.1) is 28.2 Å². The highest BCUT2D eigenvalue weighted by Crippen LogP contribution is 2.39. The third-order valence-electron chi connectivity index (χ3n) is 4.92. The highest BCUT2D eigenvalue weighted by atomic mass is 32.2. The van der Waals surface area contributed by atoms with Crippen molar-refractivity contribution in [2.75, 3.05) is 4.90 Å². The van der Waals surface area contributed by atoms with Crippen LogP contribution in [0.1, 0.15) is 29.4 Å². The lowest BCUT2D eigenvalue weighted by Gasteiger charge is -2.15. The van der Waals surface area contributed by atoms with Crippen molar-refractivity contribution < 1.29 is 14.0 Å². The van der Waals surface area contributed by atoms with E-state index >= 15 is 0 Å². The van der Waals surface area contributed by atoms with Gasteiger partial charge in [-0.15, -0.1) is 11.8 Å². The third-order valence-corrected chi connectivity index (χ3v) is 6.02. The predicted molar refractivity (Wildman–Crippen MR) is 116 cm³/mol. The minimum atomic E-state index is -0.287. The molecule has 146 valence electrons. The Morgan fingerprint density at radius 1 is 0.931 bits per heavy atom. The molecule has 1 aromatic heterocycles. The van der Waals surface area contributed by atoms with E-state index in [1.165, 1.54) is 16.7 Å². The molecule has 0 fully saturated rings. The Bertz CT molecular complexity index is 1060. The molecular weight excluding hydrogens is 382 g/mol. The number of carbonyl (C=O) groups is 2. The molecule has 4 rings (SSSR count). The zero-order chi connectivity index (χ0) is 20.4. The van der Waals surface area contributed by atoms with Crippen molar-refractivity contribution in [1.29, 1.82) is 0 Å². The SMILES string of the molecule is CCc1ccc(N2C(=O)C(SCc3ccco3)=C(c3ccc(C)cc3)C2=O)cc1. The van der Waals surface area contributed by atoms with Crippen LogP contribution in [0.4, 0.5) is 5.69 Å². The standard InChI is InChI=1S/C24H21NO3S/c1-3-17-8-12-19(13-9-17)25-23(26)21(18-10-6-16(2)7-11-18)22(24(25)27)29-15-20-5-4-14-28-20/h4-14H,3,15H2,1-2H3. The van der Waals surface area contributed by atoms with Gasteiger partial charge in [0.25, 0.3) is 11.8 Å². The topological polar surface area (TPSA) is 50.5 Å². The maximum absolute atomic E-state index is 13.3. The van der Waals surface area contributed by atoms with Gasteiger partial charge in [0.15, 0.2) is 0 Å². The summed E-state index contributed by atoms with van der Waals surface area (Å²) < 4.78 is 5.40. The molecule has 29 heavy (non-hydrogen) atoms. The number of nitrogens with zero attached hydrogens (tertiary/aromatic N) is 1. The van der Waals surface area contributed by atoms with Gasteiger partial charge in [-0.2, -0.15) is 0 Å². The highest BCUT2D eigenvalue weighted by Gasteiger charge is 2.40. The van der Waals surface area contributed by atoms with Crippen molar-refractivity contribution in [2.45, 2.75) is 26.0 Å². The van der Waals surface area contributed by atoms with Gasteiger partial charge in [-0.3, -0.25) is 9.59 Å². The lowest BCUT2D eigenvalue weighted by Crippen LogP contribution is -2.31. The quantitative estimate of drug-likeness (QED) is 0.519. The highest BCUT2D eigenvalue weighted by molar-refractivity contribution is 8.03. The zero-order valence-electron chi connectivity index (χ0n) is 16.3.